The fourth-order valence-corrected chi connectivity index (χ4v) is 2.62. The molecule has 20 heavy (non-hydrogen) atoms. The first-order valence-corrected chi connectivity index (χ1v) is 7.15. The van der Waals surface area contributed by atoms with Crippen molar-refractivity contribution in [3.63, 3.8) is 0 Å². The number of aromatic carboxylic acids is 1. The van der Waals surface area contributed by atoms with E-state index in [0.717, 1.165) is 16.5 Å². The van der Waals surface area contributed by atoms with Gasteiger partial charge in [0.25, 0.3) is 0 Å². The van der Waals surface area contributed by atoms with Crippen molar-refractivity contribution in [2.24, 2.45) is 0 Å². The first-order valence-electron chi connectivity index (χ1n) is 6.07. The minimum Gasteiger partial charge on any atom is -0.478 e. The lowest BCUT2D eigenvalue weighted by molar-refractivity contribution is 0.0697. The van der Waals surface area contributed by atoms with Gasteiger partial charge in [0.15, 0.2) is 0 Å². The molecule has 1 N–H and O–H groups in total. The molecule has 3 rings (SSSR count). The predicted molar refractivity (Wildman–Crippen MR) is 85.0 cm³/mol. The van der Waals surface area contributed by atoms with Crippen LogP contribution in [-0.4, -0.2) is 20.9 Å². The lowest BCUT2D eigenvalue weighted by atomic mass is 10.1. The van der Waals surface area contributed by atoms with Gasteiger partial charge in [0, 0.05) is 8.96 Å². The van der Waals surface area contributed by atoms with E-state index in [2.05, 4.69) is 45.9 Å². The van der Waals surface area contributed by atoms with Crippen LogP contribution in [0.5, 0.6) is 0 Å². The summed E-state index contributed by atoms with van der Waals surface area (Å²) in [6, 6.07) is 13.1. The van der Waals surface area contributed by atoms with Gasteiger partial charge in [-0.05, 0) is 58.5 Å². The monoisotopic (exact) mass is 378 g/mol. The van der Waals surface area contributed by atoms with Gasteiger partial charge in [0.05, 0.1) is 23.8 Å². The van der Waals surface area contributed by atoms with E-state index in [1.54, 1.807) is 12.1 Å². The predicted octanol–water partition coefficient (Wildman–Crippen LogP) is 3.39. The van der Waals surface area contributed by atoms with Gasteiger partial charge in [0.2, 0.25) is 0 Å². The highest BCUT2D eigenvalue weighted by atomic mass is 127. The van der Waals surface area contributed by atoms with Gasteiger partial charge in [-0.3, -0.25) is 4.68 Å². The van der Waals surface area contributed by atoms with Gasteiger partial charge < -0.3 is 5.11 Å². The van der Waals surface area contributed by atoms with E-state index in [0.29, 0.717) is 12.1 Å². The summed E-state index contributed by atoms with van der Waals surface area (Å²) in [7, 11) is 0. The van der Waals surface area contributed by atoms with Gasteiger partial charge in [-0.15, -0.1) is 0 Å². The van der Waals surface area contributed by atoms with E-state index in [1.165, 1.54) is 3.57 Å². The maximum atomic E-state index is 10.8. The van der Waals surface area contributed by atoms with Crippen LogP contribution in [-0.2, 0) is 6.54 Å². The van der Waals surface area contributed by atoms with E-state index in [4.69, 9.17) is 5.11 Å². The second-order valence-electron chi connectivity index (χ2n) is 4.51. The van der Waals surface area contributed by atoms with Crippen LogP contribution in [0.1, 0.15) is 15.9 Å². The number of nitrogens with zero attached hydrogens (tertiary/aromatic N) is 2. The molecule has 0 saturated heterocycles. The molecule has 100 valence electrons. The van der Waals surface area contributed by atoms with E-state index >= 15 is 0 Å². The number of hydrogen-bond donors (Lipinski definition) is 1. The maximum Gasteiger partial charge on any atom is 0.335 e. The Hall–Kier alpha value is -1.89. The number of carboxylic acids is 1. The lowest BCUT2D eigenvalue weighted by Gasteiger charge is -2.04. The zero-order valence-electron chi connectivity index (χ0n) is 10.5. The van der Waals surface area contributed by atoms with Crippen molar-refractivity contribution in [3.05, 3.63) is 63.4 Å². The molecule has 0 aliphatic heterocycles. The molecule has 5 heteroatoms. The van der Waals surface area contributed by atoms with Gasteiger partial charge in [-0.2, -0.15) is 5.10 Å². The molecule has 0 unspecified atom stereocenters. The van der Waals surface area contributed by atoms with Crippen LogP contribution in [0.3, 0.4) is 0 Å². The van der Waals surface area contributed by atoms with Gasteiger partial charge in [0.1, 0.15) is 0 Å². The number of benzene rings is 2. The summed E-state index contributed by atoms with van der Waals surface area (Å²) >= 11 is 2.28. The largest absolute Gasteiger partial charge is 0.478 e. The molecule has 0 amide bonds. The zero-order chi connectivity index (χ0) is 14.1. The Morgan fingerprint density at radius 1 is 1.20 bits per heavy atom. The highest BCUT2D eigenvalue weighted by molar-refractivity contribution is 14.1. The molecule has 1 aromatic heterocycles. The quantitative estimate of drug-likeness (QED) is 0.711. The van der Waals surface area contributed by atoms with Gasteiger partial charge in [-0.1, -0.05) is 12.1 Å². The van der Waals surface area contributed by atoms with E-state index in [-0.39, 0.29) is 0 Å². The fourth-order valence-electron chi connectivity index (χ4n) is 2.11. The van der Waals surface area contributed by atoms with Gasteiger partial charge >= 0.3 is 5.97 Å². The molecule has 0 bridgehead atoms. The van der Waals surface area contributed by atoms with Crippen molar-refractivity contribution in [1.82, 2.24) is 9.78 Å². The number of fused-ring (bicyclic) bond motifs is 1. The average molecular weight is 378 g/mol. The Morgan fingerprint density at radius 2 is 1.95 bits per heavy atom. The molecular formula is C15H11IN2O2. The van der Waals surface area contributed by atoms with Crippen molar-refractivity contribution in [2.75, 3.05) is 0 Å². The summed E-state index contributed by atoms with van der Waals surface area (Å²) in [5.74, 6) is -0.907. The number of rotatable bonds is 3. The number of hydrogen-bond acceptors (Lipinski definition) is 2. The summed E-state index contributed by atoms with van der Waals surface area (Å²) in [6.07, 6.45) is 1.85. The van der Waals surface area contributed by atoms with Crippen molar-refractivity contribution in [1.29, 1.82) is 0 Å². The summed E-state index contributed by atoms with van der Waals surface area (Å²) < 4.78 is 3.10. The first kappa shape index (κ1) is 13.1. The van der Waals surface area contributed by atoms with Crippen LogP contribution >= 0.6 is 22.6 Å². The standard InChI is InChI=1S/C15H11IN2O2/c16-13-5-6-14-12(7-13)8-17-18(14)9-10-1-3-11(4-2-10)15(19)20/h1-8H,9H2,(H,19,20). The average Bonchev–Trinajstić information content (AvgIpc) is 2.81. The highest BCUT2D eigenvalue weighted by Gasteiger charge is 2.05. The third-order valence-corrected chi connectivity index (χ3v) is 3.81. The van der Waals surface area contributed by atoms with Crippen LogP contribution in [0.15, 0.2) is 48.7 Å². The highest BCUT2D eigenvalue weighted by Crippen LogP contribution is 2.18. The molecule has 0 spiro atoms. The van der Waals surface area contributed by atoms with Gasteiger partial charge in [-0.25, -0.2) is 4.79 Å². The number of halogens is 1. The Bertz CT molecular complexity index is 778. The van der Waals surface area contributed by atoms with Crippen LogP contribution in [0, 0.1) is 3.57 Å². The maximum absolute atomic E-state index is 10.8. The SMILES string of the molecule is O=C(O)c1ccc(Cn2ncc3cc(I)ccc32)cc1. The molecule has 2 aromatic carbocycles. The van der Waals surface area contributed by atoms with Crippen molar-refractivity contribution >= 4 is 39.5 Å². The first-order chi connectivity index (χ1) is 9.63. The molecule has 1 heterocycles. The second kappa shape index (κ2) is 5.24. The van der Waals surface area contributed by atoms with E-state index < -0.39 is 5.97 Å². The molecule has 0 fully saturated rings. The fraction of sp³-hybridized carbons (Fsp3) is 0.0667. The Labute approximate surface area is 129 Å². The summed E-state index contributed by atoms with van der Waals surface area (Å²) in [4.78, 5) is 10.8. The Kier molecular flexibility index (Phi) is 3.43. The summed E-state index contributed by atoms with van der Waals surface area (Å²) in [5, 5.41) is 14.4. The lowest BCUT2D eigenvalue weighted by Crippen LogP contribution is -2.02. The summed E-state index contributed by atoms with van der Waals surface area (Å²) in [5.41, 5.74) is 2.40. The van der Waals surface area contributed by atoms with E-state index in [1.807, 2.05) is 23.0 Å². The van der Waals surface area contributed by atoms with Crippen molar-refractivity contribution < 1.29 is 9.90 Å². The third kappa shape index (κ3) is 2.53. The van der Waals surface area contributed by atoms with Crippen LogP contribution in [0.4, 0.5) is 0 Å². The van der Waals surface area contributed by atoms with Crippen molar-refractivity contribution in [2.45, 2.75) is 6.54 Å². The Balaban J connectivity index is 1.91. The second-order valence-corrected chi connectivity index (χ2v) is 5.75. The molecule has 0 aliphatic rings. The van der Waals surface area contributed by atoms with Crippen LogP contribution in [0.25, 0.3) is 10.9 Å². The van der Waals surface area contributed by atoms with Crippen LogP contribution in [0.2, 0.25) is 0 Å². The molecule has 0 radical (unpaired) electrons. The number of aromatic nitrogens is 2. The Morgan fingerprint density at radius 3 is 2.65 bits per heavy atom. The topological polar surface area (TPSA) is 55.1 Å². The number of carboxylic acid groups (broad SMARTS) is 1. The smallest absolute Gasteiger partial charge is 0.335 e. The zero-order valence-corrected chi connectivity index (χ0v) is 12.6. The minimum absolute atomic E-state index is 0.300. The normalized spacial score (nSPS) is 10.8. The molecule has 0 atom stereocenters. The van der Waals surface area contributed by atoms with Crippen LogP contribution < -0.4 is 0 Å². The van der Waals surface area contributed by atoms with E-state index in [9.17, 15) is 4.79 Å². The molecule has 0 saturated carbocycles. The molecule has 4 nitrogen and oxygen atoms in total. The molecular weight excluding hydrogens is 367 g/mol. The van der Waals surface area contributed by atoms with Crippen molar-refractivity contribution in [3.8, 4) is 0 Å². The molecule has 3 aromatic rings. The summed E-state index contributed by atoms with van der Waals surface area (Å²) in [6.45, 7) is 0.629. The minimum atomic E-state index is -0.907. The molecule has 0 aliphatic carbocycles. The number of carbonyl (C=O) groups is 1. The third-order valence-electron chi connectivity index (χ3n) is 3.14.